The average Bonchev–Trinajstić information content (AvgIpc) is 3.75. The molecule has 1 aliphatic carbocycles. The van der Waals surface area contributed by atoms with Crippen LogP contribution in [0.15, 0.2) is 48.5 Å². The van der Waals surface area contributed by atoms with Crippen molar-refractivity contribution in [3.05, 3.63) is 59.7 Å². The van der Waals surface area contributed by atoms with Crippen LogP contribution in [0.5, 0.6) is 0 Å². The standard InChI is InChI=1S/C31H39F3NO6P/c32-31(33,34)22-35-29(36)30(27-14-4-2-12-25(27)26-13-3-5-15-28(26)30)16-6-1-7-19-42(37,40-20-23-10-8-17-38-23)41-21-24-11-9-18-39-24/h2-5,12-15,23-24H,1,6-11,16-22H2,(H,35,36). The van der Waals surface area contributed by atoms with Gasteiger partial charge in [-0.25, -0.2) is 0 Å². The van der Waals surface area contributed by atoms with Crippen molar-refractivity contribution in [1.82, 2.24) is 5.32 Å². The summed E-state index contributed by atoms with van der Waals surface area (Å²) >= 11 is 0. The fourth-order valence-corrected chi connectivity index (χ4v) is 8.00. The Morgan fingerprint density at radius 2 is 1.43 bits per heavy atom. The van der Waals surface area contributed by atoms with Gasteiger partial charge in [0.15, 0.2) is 0 Å². The van der Waals surface area contributed by atoms with Crippen LogP contribution in [0.25, 0.3) is 11.1 Å². The van der Waals surface area contributed by atoms with E-state index in [1.807, 2.05) is 48.5 Å². The van der Waals surface area contributed by atoms with E-state index in [4.69, 9.17) is 18.5 Å². The molecular weight excluding hydrogens is 570 g/mol. The third-order valence-corrected chi connectivity index (χ3v) is 10.3. The Bertz CT molecular complexity index is 1190. The molecule has 1 amide bonds. The van der Waals surface area contributed by atoms with Gasteiger partial charge in [-0.05, 0) is 60.8 Å². The lowest BCUT2D eigenvalue weighted by Crippen LogP contribution is -2.47. The molecule has 3 aliphatic rings. The number of hydrogen-bond acceptors (Lipinski definition) is 6. The van der Waals surface area contributed by atoms with E-state index in [1.165, 1.54) is 0 Å². The van der Waals surface area contributed by atoms with Crippen molar-refractivity contribution in [3.8, 4) is 11.1 Å². The number of nitrogens with one attached hydrogen (secondary N) is 1. The van der Waals surface area contributed by atoms with Crippen molar-refractivity contribution < 1.29 is 41.1 Å². The summed E-state index contributed by atoms with van der Waals surface area (Å²) in [6.45, 7) is 0.349. The molecule has 230 valence electrons. The number of carbonyl (C=O) groups is 1. The Labute approximate surface area is 245 Å². The first-order chi connectivity index (χ1) is 20.2. The Morgan fingerprint density at radius 1 is 0.881 bits per heavy atom. The number of rotatable bonds is 14. The molecule has 2 atom stereocenters. The highest BCUT2D eigenvalue weighted by atomic mass is 31.2. The summed E-state index contributed by atoms with van der Waals surface area (Å²) in [5.41, 5.74) is 1.86. The minimum atomic E-state index is -4.53. The lowest BCUT2D eigenvalue weighted by Gasteiger charge is -2.31. The molecule has 5 rings (SSSR count). The fraction of sp³-hybridized carbons (Fsp3) is 0.581. The minimum absolute atomic E-state index is 0.0952. The first-order valence-electron chi connectivity index (χ1n) is 14.9. The maximum atomic E-state index is 13.7. The second-order valence-electron chi connectivity index (χ2n) is 11.3. The number of alkyl halides is 3. The van der Waals surface area contributed by atoms with E-state index in [2.05, 4.69) is 5.32 Å². The summed E-state index contributed by atoms with van der Waals surface area (Å²) in [7, 11) is -3.43. The van der Waals surface area contributed by atoms with E-state index in [0.717, 1.165) is 36.8 Å². The zero-order valence-corrected chi connectivity index (χ0v) is 24.6. The van der Waals surface area contributed by atoms with Gasteiger partial charge in [-0.3, -0.25) is 9.36 Å². The highest BCUT2D eigenvalue weighted by Crippen LogP contribution is 2.53. The highest BCUT2D eigenvalue weighted by Gasteiger charge is 2.49. The van der Waals surface area contributed by atoms with Gasteiger partial charge in [-0.15, -0.1) is 0 Å². The summed E-state index contributed by atoms with van der Waals surface area (Å²) in [4.78, 5) is 13.7. The van der Waals surface area contributed by atoms with E-state index >= 15 is 0 Å². The van der Waals surface area contributed by atoms with Gasteiger partial charge in [0, 0.05) is 13.2 Å². The van der Waals surface area contributed by atoms with E-state index in [9.17, 15) is 22.5 Å². The molecule has 2 saturated heterocycles. The van der Waals surface area contributed by atoms with Crippen molar-refractivity contribution in [2.75, 3.05) is 39.1 Å². The number of amides is 1. The number of unbranched alkanes of at least 4 members (excludes halogenated alkanes) is 2. The highest BCUT2D eigenvalue weighted by molar-refractivity contribution is 7.53. The van der Waals surface area contributed by atoms with Gasteiger partial charge < -0.3 is 23.8 Å². The Hall–Kier alpha value is -2.23. The van der Waals surface area contributed by atoms with Crippen LogP contribution in [-0.2, 0) is 33.3 Å². The molecule has 0 spiro atoms. The molecule has 2 aromatic carbocycles. The average molecular weight is 610 g/mol. The Balaban J connectivity index is 1.27. The predicted molar refractivity (Wildman–Crippen MR) is 153 cm³/mol. The van der Waals surface area contributed by atoms with Gasteiger partial charge in [0.05, 0.1) is 31.6 Å². The third kappa shape index (κ3) is 7.28. The van der Waals surface area contributed by atoms with Crippen LogP contribution < -0.4 is 5.32 Å². The van der Waals surface area contributed by atoms with Gasteiger partial charge in [-0.1, -0.05) is 61.4 Å². The van der Waals surface area contributed by atoms with Gasteiger partial charge in [0.1, 0.15) is 12.0 Å². The predicted octanol–water partition coefficient (Wildman–Crippen LogP) is 6.78. The van der Waals surface area contributed by atoms with Crippen molar-refractivity contribution in [2.24, 2.45) is 0 Å². The van der Waals surface area contributed by atoms with Crippen molar-refractivity contribution in [1.29, 1.82) is 0 Å². The molecule has 2 fully saturated rings. The molecule has 0 bridgehead atoms. The third-order valence-electron chi connectivity index (χ3n) is 8.35. The maximum absolute atomic E-state index is 13.7. The van der Waals surface area contributed by atoms with E-state index in [1.54, 1.807) is 0 Å². The van der Waals surface area contributed by atoms with Crippen LogP contribution in [0, 0.1) is 0 Å². The van der Waals surface area contributed by atoms with Crippen LogP contribution in [-0.4, -0.2) is 63.4 Å². The monoisotopic (exact) mass is 609 g/mol. The van der Waals surface area contributed by atoms with Crippen LogP contribution >= 0.6 is 7.60 Å². The quantitative estimate of drug-likeness (QED) is 0.188. The molecule has 2 aliphatic heterocycles. The second kappa shape index (κ2) is 13.6. The van der Waals surface area contributed by atoms with Gasteiger partial charge in [-0.2, -0.15) is 13.2 Å². The van der Waals surface area contributed by atoms with Crippen LogP contribution in [0.4, 0.5) is 13.2 Å². The molecule has 0 saturated carbocycles. The molecule has 1 N–H and O–H groups in total. The number of halogens is 3. The van der Waals surface area contributed by atoms with E-state index in [0.29, 0.717) is 50.0 Å². The largest absolute Gasteiger partial charge is 0.405 e. The zero-order chi connectivity index (χ0) is 29.6. The van der Waals surface area contributed by atoms with Crippen molar-refractivity contribution in [2.45, 2.75) is 75.2 Å². The van der Waals surface area contributed by atoms with Gasteiger partial charge >= 0.3 is 13.8 Å². The smallest absolute Gasteiger partial charge is 0.376 e. The van der Waals surface area contributed by atoms with Gasteiger partial charge in [0.2, 0.25) is 5.91 Å². The molecule has 0 aromatic heterocycles. The first kappa shape index (κ1) is 31.2. The molecule has 2 heterocycles. The van der Waals surface area contributed by atoms with E-state index in [-0.39, 0.29) is 31.6 Å². The van der Waals surface area contributed by atoms with Crippen molar-refractivity contribution in [3.63, 3.8) is 0 Å². The van der Waals surface area contributed by atoms with Gasteiger partial charge in [0.25, 0.3) is 0 Å². The number of hydrogen-bond donors (Lipinski definition) is 1. The first-order valence-corrected chi connectivity index (χ1v) is 16.6. The molecule has 0 radical (unpaired) electrons. The van der Waals surface area contributed by atoms with Crippen LogP contribution in [0.1, 0.15) is 62.5 Å². The summed E-state index contributed by atoms with van der Waals surface area (Å²) < 4.78 is 76.0. The SMILES string of the molecule is O=C(NCC(F)(F)F)C1(CCCCCP(=O)(OCC2CCCO2)OCC2CCCO2)c2ccccc2-c2ccccc21. The molecular formula is C31H39F3NO6P. The topological polar surface area (TPSA) is 83.1 Å². The number of fused-ring (bicyclic) bond motifs is 3. The second-order valence-corrected chi connectivity index (χ2v) is 13.5. The fourth-order valence-electron chi connectivity index (χ4n) is 6.27. The van der Waals surface area contributed by atoms with Crippen molar-refractivity contribution >= 4 is 13.5 Å². The summed E-state index contributed by atoms with van der Waals surface area (Å²) in [6, 6.07) is 14.8. The lowest BCUT2D eigenvalue weighted by molar-refractivity contribution is -0.141. The lowest BCUT2D eigenvalue weighted by atomic mass is 9.73. The number of ether oxygens (including phenoxy) is 2. The number of benzene rings is 2. The van der Waals surface area contributed by atoms with Crippen LogP contribution in [0.3, 0.4) is 0 Å². The maximum Gasteiger partial charge on any atom is 0.405 e. The molecule has 2 aromatic rings. The zero-order valence-electron chi connectivity index (χ0n) is 23.7. The normalized spacial score (nSPS) is 22.5. The molecule has 2 unspecified atom stereocenters. The summed E-state index contributed by atoms with van der Waals surface area (Å²) in [6.07, 6.45) is 1.02. The van der Waals surface area contributed by atoms with Crippen LogP contribution in [0.2, 0.25) is 0 Å². The number of carbonyl (C=O) groups excluding carboxylic acids is 1. The Morgan fingerprint density at radius 3 is 1.93 bits per heavy atom. The summed E-state index contributed by atoms with van der Waals surface area (Å²) in [5, 5.41) is 2.17. The van der Waals surface area contributed by atoms with E-state index < -0.39 is 31.6 Å². The molecule has 11 heteroatoms. The molecule has 42 heavy (non-hydrogen) atoms. The minimum Gasteiger partial charge on any atom is -0.376 e. The molecule has 7 nitrogen and oxygen atoms in total. The summed E-state index contributed by atoms with van der Waals surface area (Å²) in [5.74, 6) is -0.664. The Kier molecular flexibility index (Phi) is 10.1.